The Hall–Kier alpha value is -2.58. The Morgan fingerprint density at radius 1 is 1.38 bits per heavy atom. The molecule has 6 nitrogen and oxygen atoms in total. The van der Waals surface area contributed by atoms with Gasteiger partial charge in [0.05, 0.1) is 27.5 Å². The zero-order valence-corrected chi connectivity index (χ0v) is 16.9. The van der Waals surface area contributed by atoms with Crippen molar-refractivity contribution in [2.45, 2.75) is 31.0 Å². The number of hydrogen-bond donors (Lipinski definition) is 2. The molecule has 2 N–H and O–H groups in total. The number of carbonyl (C=O) groups is 2. The fourth-order valence-electron chi connectivity index (χ4n) is 2.23. The van der Waals surface area contributed by atoms with Crippen LogP contribution in [0.15, 0.2) is 28.6 Å². The van der Waals surface area contributed by atoms with Crippen LogP contribution < -0.4 is 10.6 Å². The highest BCUT2D eigenvalue weighted by atomic mass is 32.2. The van der Waals surface area contributed by atoms with Crippen LogP contribution in [0.1, 0.15) is 30.9 Å². The highest BCUT2D eigenvalue weighted by Crippen LogP contribution is 2.38. The van der Waals surface area contributed by atoms with Crippen LogP contribution in [0, 0.1) is 11.3 Å². The molecule has 3 amide bonds. The van der Waals surface area contributed by atoms with Gasteiger partial charge in [0, 0.05) is 6.54 Å². The minimum absolute atomic E-state index is 0.0616. The number of thioether (sulfide) groups is 1. The Morgan fingerprint density at radius 3 is 2.72 bits per heavy atom. The van der Waals surface area contributed by atoms with Crippen molar-refractivity contribution in [1.82, 2.24) is 15.6 Å². The van der Waals surface area contributed by atoms with Gasteiger partial charge in [0.2, 0.25) is 5.91 Å². The summed E-state index contributed by atoms with van der Waals surface area (Å²) < 4.78 is 40.3. The number of amides is 3. The molecule has 2 rings (SSSR count). The maximum absolute atomic E-state index is 13.4. The lowest BCUT2D eigenvalue weighted by molar-refractivity contribution is -0.138. The van der Waals surface area contributed by atoms with Crippen molar-refractivity contribution < 1.29 is 22.8 Å². The second kappa shape index (κ2) is 10.3. The molecular weight excluding hydrogens is 425 g/mol. The van der Waals surface area contributed by atoms with E-state index in [1.54, 1.807) is 17.5 Å². The maximum Gasteiger partial charge on any atom is 0.417 e. The topological polar surface area (TPSA) is 94.9 Å². The summed E-state index contributed by atoms with van der Waals surface area (Å²) in [7, 11) is 0. The van der Waals surface area contributed by atoms with Crippen molar-refractivity contribution in [2.24, 2.45) is 0 Å². The Labute approximate surface area is 173 Å². The first-order chi connectivity index (χ1) is 13.8. The van der Waals surface area contributed by atoms with Crippen LogP contribution in [0.25, 0.3) is 10.6 Å². The lowest BCUT2D eigenvalue weighted by Gasteiger charge is -2.13. The van der Waals surface area contributed by atoms with Crippen molar-refractivity contribution in [3.63, 3.8) is 0 Å². The number of urea groups is 1. The second-order valence-electron chi connectivity index (χ2n) is 5.77. The third-order valence-electron chi connectivity index (χ3n) is 3.59. The number of alkyl halides is 3. The summed E-state index contributed by atoms with van der Waals surface area (Å²) >= 11 is 1.88. The zero-order valence-electron chi connectivity index (χ0n) is 15.3. The number of halogens is 3. The number of pyridine rings is 1. The van der Waals surface area contributed by atoms with Crippen LogP contribution in [-0.2, 0) is 11.0 Å². The number of thiophene rings is 1. The first kappa shape index (κ1) is 22.7. The Morgan fingerprint density at radius 2 is 2.14 bits per heavy atom. The average molecular weight is 442 g/mol. The molecule has 0 aromatic carbocycles. The smallest absolute Gasteiger partial charge is 0.338 e. The molecule has 0 radical (unpaired) electrons. The van der Waals surface area contributed by atoms with E-state index in [1.807, 2.05) is 6.92 Å². The van der Waals surface area contributed by atoms with Crippen molar-refractivity contribution >= 4 is 35.0 Å². The third-order valence-corrected chi connectivity index (χ3v) is 5.45. The predicted molar refractivity (Wildman–Crippen MR) is 104 cm³/mol. The normalized spacial score (nSPS) is 11.0. The van der Waals surface area contributed by atoms with E-state index in [0.29, 0.717) is 23.2 Å². The molecule has 29 heavy (non-hydrogen) atoms. The number of nitrogens with one attached hydrogen (secondary N) is 2. The highest BCUT2D eigenvalue weighted by Gasteiger charge is 2.36. The first-order valence-corrected chi connectivity index (χ1v) is 10.4. The fourth-order valence-corrected chi connectivity index (χ4v) is 3.72. The number of nitriles is 1. The Balaban J connectivity index is 2.21. The van der Waals surface area contributed by atoms with E-state index in [-0.39, 0.29) is 16.5 Å². The monoisotopic (exact) mass is 442 g/mol. The van der Waals surface area contributed by atoms with Crippen LogP contribution >= 0.6 is 23.1 Å². The predicted octanol–water partition coefficient (Wildman–Crippen LogP) is 4.42. The van der Waals surface area contributed by atoms with E-state index in [9.17, 15) is 28.0 Å². The van der Waals surface area contributed by atoms with Gasteiger partial charge >= 0.3 is 12.2 Å². The van der Waals surface area contributed by atoms with Crippen LogP contribution in [-0.4, -0.2) is 29.2 Å². The van der Waals surface area contributed by atoms with Gasteiger partial charge in [-0.2, -0.15) is 18.4 Å². The minimum Gasteiger partial charge on any atom is -0.338 e. The fraction of sp³-hybridized carbons (Fsp3) is 0.333. The lowest BCUT2D eigenvalue weighted by atomic mass is 10.1. The number of rotatable bonds is 7. The molecule has 154 valence electrons. The molecule has 0 aliphatic heterocycles. The third kappa shape index (κ3) is 6.47. The highest BCUT2D eigenvalue weighted by molar-refractivity contribution is 8.00. The number of carbonyl (C=O) groups excluding carboxylic acids is 2. The Bertz CT molecular complexity index is 909. The van der Waals surface area contributed by atoms with Crippen molar-refractivity contribution in [3.8, 4) is 16.6 Å². The molecule has 0 aliphatic carbocycles. The van der Waals surface area contributed by atoms with Crippen LogP contribution in [0.2, 0.25) is 0 Å². The van der Waals surface area contributed by atoms with Gasteiger partial charge in [-0.1, -0.05) is 31.2 Å². The molecule has 0 saturated carbocycles. The number of nitrogens with zero attached hydrogens (tertiary/aromatic N) is 2. The summed E-state index contributed by atoms with van der Waals surface area (Å²) in [5, 5.41) is 15.3. The quantitative estimate of drug-likeness (QED) is 0.489. The molecule has 11 heteroatoms. The largest absolute Gasteiger partial charge is 0.417 e. The van der Waals surface area contributed by atoms with Crippen LogP contribution in [0.5, 0.6) is 0 Å². The van der Waals surface area contributed by atoms with Crippen LogP contribution in [0.4, 0.5) is 18.0 Å². The van der Waals surface area contributed by atoms with E-state index in [2.05, 4.69) is 15.6 Å². The number of imide groups is 1. The first-order valence-electron chi connectivity index (χ1n) is 8.53. The molecule has 0 saturated heterocycles. The zero-order chi connectivity index (χ0) is 21.4. The van der Waals surface area contributed by atoms with Crippen molar-refractivity contribution in [3.05, 3.63) is 34.7 Å². The van der Waals surface area contributed by atoms with Gasteiger partial charge in [-0.25, -0.2) is 9.78 Å². The summed E-state index contributed by atoms with van der Waals surface area (Å²) in [5.41, 5.74) is -1.70. The molecule has 2 aromatic heterocycles. The molecule has 0 bridgehead atoms. The molecule has 0 aliphatic rings. The number of unbranched alkanes of at least 4 members (excludes halogenated alkanes) is 1. The summed E-state index contributed by atoms with van der Waals surface area (Å²) in [5.74, 6) is -1.07. The average Bonchev–Trinajstić information content (AvgIpc) is 3.19. The summed E-state index contributed by atoms with van der Waals surface area (Å²) in [6.45, 7) is 2.35. The van der Waals surface area contributed by atoms with E-state index >= 15 is 0 Å². The van der Waals surface area contributed by atoms with Crippen molar-refractivity contribution in [2.75, 3.05) is 12.3 Å². The van der Waals surface area contributed by atoms with Gasteiger partial charge in [0.25, 0.3) is 0 Å². The second-order valence-corrected chi connectivity index (χ2v) is 7.68. The van der Waals surface area contributed by atoms with E-state index in [0.717, 1.165) is 18.9 Å². The SMILES string of the molecule is CCCCNC(=O)NC(=O)CSc1nc(-c2cccs2)cc(C(F)(F)F)c1C#N. The standard InChI is InChI=1S/C18H17F3N4O2S2/c1-2-3-6-23-17(27)25-15(26)10-29-16-11(9-22)12(18(19,20)21)8-13(24-16)14-5-4-7-28-14/h4-5,7-8H,2-3,6,10H2,1H3,(H2,23,25,26,27). The van der Waals surface area contributed by atoms with Crippen molar-refractivity contribution in [1.29, 1.82) is 5.26 Å². The summed E-state index contributed by atoms with van der Waals surface area (Å²) in [6.07, 6.45) is -3.13. The molecule has 2 aromatic rings. The molecule has 2 heterocycles. The molecule has 0 fully saturated rings. The van der Waals surface area contributed by atoms with Crippen LogP contribution in [0.3, 0.4) is 0 Å². The molecule has 0 atom stereocenters. The minimum atomic E-state index is -4.75. The lowest BCUT2D eigenvalue weighted by Crippen LogP contribution is -2.40. The van der Waals surface area contributed by atoms with Gasteiger partial charge in [-0.3, -0.25) is 10.1 Å². The molecular formula is C18H17F3N4O2S2. The van der Waals surface area contributed by atoms with Gasteiger partial charge in [-0.15, -0.1) is 11.3 Å². The Kier molecular flexibility index (Phi) is 8.04. The summed E-state index contributed by atoms with van der Waals surface area (Å²) in [6, 6.07) is 4.96. The van der Waals surface area contributed by atoms with Gasteiger partial charge in [0.15, 0.2) is 0 Å². The molecule has 0 unspecified atom stereocenters. The maximum atomic E-state index is 13.4. The van der Waals surface area contributed by atoms with E-state index in [4.69, 9.17) is 0 Å². The van der Waals surface area contributed by atoms with E-state index in [1.165, 1.54) is 17.4 Å². The van der Waals surface area contributed by atoms with Gasteiger partial charge in [-0.05, 0) is 23.9 Å². The van der Waals surface area contributed by atoms with Gasteiger partial charge in [0.1, 0.15) is 11.1 Å². The van der Waals surface area contributed by atoms with Gasteiger partial charge < -0.3 is 5.32 Å². The number of aromatic nitrogens is 1. The van der Waals surface area contributed by atoms with E-state index < -0.39 is 29.2 Å². The summed E-state index contributed by atoms with van der Waals surface area (Å²) in [4.78, 5) is 28.2. The molecule has 0 spiro atoms. The number of hydrogen-bond acceptors (Lipinski definition) is 6.